The van der Waals surface area contributed by atoms with Crippen molar-refractivity contribution in [1.29, 1.82) is 0 Å². The summed E-state index contributed by atoms with van der Waals surface area (Å²) in [6.07, 6.45) is 6.78. The van der Waals surface area contributed by atoms with Gasteiger partial charge in [0.1, 0.15) is 0 Å². The minimum absolute atomic E-state index is 0.0612. The van der Waals surface area contributed by atoms with Crippen LogP contribution in [0.2, 0.25) is 0 Å². The molecule has 2 atom stereocenters. The highest BCUT2D eigenvalue weighted by Gasteiger charge is 2.41. The summed E-state index contributed by atoms with van der Waals surface area (Å²) >= 11 is 0. The zero-order valence-corrected chi connectivity index (χ0v) is 14.5. The smallest absolute Gasteiger partial charge is 0.234 e. The number of carbonyl (C=O) groups is 1. The van der Waals surface area contributed by atoms with E-state index in [1.807, 2.05) is 6.20 Å². The molecule has 1 aromatic heterocycles. The number of rotatable bonds is 5. The van der Waals surface area contributed by atoms with Crippen molar-refractivity contribution in [3.63, 3.8) is 0 Å². The lowest BCUT2D eigenvalue weighted by atomic mass is 9.99. The fourth-order valence-corrected chi connectivity index (χ4v) is 4.13. The Morgan fingerprint density at radius 1 is 1.40 bits per heavy atom. The van der Waals surface area contributed by atoms with Crippen LogP contribution in [0.4, 0.5) is 5.95 Å². The van der Waals surface area contributed by atoms with Gasteiger partial charge in [-0.3, -0.25) is 9.69 Å². The predicted octanol–water partition coefficient (Wildman–Crippen LogP) is 0.677. The second kappa shape index (κ2) is 7.09. The number of hydrogen-bond acceptors (Lipinski definition) is 6. The standard InChI is InChI=1S/C18H25N5O2/c1-2-5-19-17(24)12-23-13-3-4-16(23)14-11-20-18(21-15(14)10-13)22-6-8-25-9-7-22/h2,11,13,16H,1,3-10,12H2,(H,19,24)/t13-,16-/m1/s1. The number of hydrogen-bond donors (Lipinski definition) is 1. The Bertz CT molecular complexity index is 659. The quantitative estimate of drug-likeness (QED) is 0.793. The molecule has 0 radical (unpaired) electrons. The number of anilines is 1. The normalized spacial score (nSPS) is 25.5. The lowest BCUT2D eigenvalue weighted by Gasteiger charge is -2.35. The van der Waals surface area contributed by atoms with Gasteiger partial charge in [-0.2, -0.15) is 0 Å². The van der Waals surface area contributed by atoms with Gasteiger partial charge in [-0.05, 0) is 12.8 Å². The molecule has 0 saturated carbocycles. The van der Waals surface area contributed by atoms with Crippen LogP contribution >= 0.6 is 0 Å². The van der Waals surface area contributed by atoms with Gasteiger partial charge in [0.15, 0.2) is 0 Å². The number of nitrogens with one attached hydrogen (secondary N) is 1. The molecule has 7 heteroatoms. The van der Waals surface area contributed by atoms with E-state index < -0.39 is 0 Å². The number of carbonyl (C=O) groups excluding carboxylic acids is 1. The summed E-state index contributed by atoms with van der Waals surface area (Å²) in [6.45, 7) is 7.77. The summed E-state index contributed by atoms with van der Waals surface area (Å²) in [7, 11) is 0. The number of fused-ring (bicyclic) bond motifs is 4. The minimum Gasteiger partial charge on any atom is -0.378 e. The summed E-state index contributed by atoms with van der Waals surface area (Å²) in [5.41, 5.74) is 2.36. The number of morpholine rings is 1. The van der Waals surface area contributed by atoms with Crippen molar-refractivity contribution >= 4 is 11.9 Å². The largest absolute Gasteiger partial charge is 0.378 e. The monoisotopic (exact) mass is 343 g/mol. The molecular weight excluding hydrogens is 318 g/mol. The van der Waals surface area contributed by atoms with Gasteiger partial charge >= 0.3 is 0 Å². The van der Waals surface area contributed by atoms with E-state index in [4.69, 9.17) is 9.72 Å². The molecule has 0 aliphatic carbocycles. The van der Waals surface area contributed by atoms with Crippen LogP contribution in [0, 0.1) is 0 Å². The summed E-state index contributed by atoms with van der Waals surface area (Å²) in [6, 6.07) is 0.668. The summed E-state index contributed by atoms with van der Waals surface area (Å²) in [5.74, 6) is 0.879. The second-order valence-electron chi connectivity index (χ2n) is 6.89. The van der Waals surface area contributed by atoms with Crippen molar-refractivity contribution in [1.82, 2.24) is 20.2 Å². The topological polar surface area (TPSA) is 70.6 Å². The molecule has 4 rings (SSSR count). The van der Waals surface area contributed by atoms with Crippen LogP contribution in [-0.4, -0.2) is 66.2 Å². The molecule has 25 heavy (non-hydrogen) atoms. The molecule has 1 aromatic rings. The van der Waals surface area contributed by atoms with Gasteiger partial charge in [-0.1, -0.05) is 6.08 Å². The molecule has 1 amide bonds. The fourth-order valence-electron chi connectivity index (χ4n) is 4.13. The zero-order chi connectivity index (χ0) is 17.2. The number of ether oxygens (including phenoxy) is 1. The van der Waals surface area contributed by atoms with E-state index in [0.29, 0.717) is 19.1 Å². The minimum atomic E-state index is 0.0612. The van der Waals surface area contributed by atoms with E-state index in [9.17, 15) is 4.79 Å². The van der Waals surface area contributed by atoms with E-state index >= 15 is 0 Å². The van der Waals surface area contributed by atoms with Gasteiger partial charge < -0.3 is 15.0 Å². The van der Waals surface area contributed by atoms with E-state index in [2.05, 4.69) is 26.7 Å². The Morgan fingerprint density at radius 2 is 2.24 bits per heavy atom. The first-order chi connectivity index (χ1) is 12.3. The Hall–Kier alpha value is -1.99. The third-order valence-electron chi connectivity index (χ3n) is 5.38. The first kappa shape index (κ1) is 16.5. The zero-order valence-electron chi connectivity index (χ0n) is 14.5. The molecule has 2 saturated heterocycles. The summed E-state index contributed by atoms with van der Waals surface area (Å²) < 4.78 is 5.41. The average molecular weight is 343 g/mol. The first-order valence-electron chi connectivity index (χ1n) is 9.08. The highest BCUT2D eigenvalue weighted by atomic mass is 16.5. The molecule has 1 N–H and O–H groups in total. The highest BCUT2D eigenvalue weighted by molar-refractivity contribution is 5.78. The molecular formula is C18H25N5O2. The van der Waals surface area contributed by atoms with Crippen LogP contribution < -0.4 is 10.2 Å². The first-order valence-corrected chi connectivity index (χ1v) is 9.08. The second-order valence-corrected chi connectivity index (χ2v) is 6.89. The molecule has 0 spiro atoms. The van der Waals surface area contributed by atoms with Crippen LogP contribution in [0.15, 0.2) is 18.9 Å². The van der Waals surface area contributed by atoms with Gasteiger partial charge in [0.05, 0.1) is 25.5 Å². The van der Waals surface area contributed by atoms with Crippen molar-refractivity contribution < 1.29 is 9.53 Å². The SMILES string of the molecule is C=CCNC(=O)CN1[C@@H]2CC[C@@H]1c1cnc(N3CCOCC3)nc1C2. The van der Waals surface area contributed by atoms with Crippen molar-refractivity contribution in [3.05, 3.63) is 30.1 Å². The Kier molecular flexibility index (Phi) is 4.67. The maximum atomic E-state index is 12.1. The lowest BCUT2D eigenvalue weighted by molar-refractivity contribution is -0.122. The van der Waals surface area contributed by atoms with E-state index in [-0.39, 0.29) is 11.9 Å². The highest BCUT2D eigenvalue weighted by Crippen LogP contribution is 2.42. The third kappa shape index (κ3) is 3.26. The summed E-state index contributed by atoms with van der Waals surface area (Å²) in [5, 5.41) is 2.88. The van der Waals surface area contributed by atoms with Crippen molar-refractivity contribution in [3.8, 4) is 0 Å². The van der Waals surface area contributed by atoms with E-state index in [1.165, 1.54) is 5.56 Å². The van der Waals surface area contributed by atoms with Crippen LogP contribution in [0.5, 0.6) is 0 Å². The maximum absolute atomic E-state index is 12.1. The molecule has 2 bridgehead atoms. The lowest BCUT2D eigenvalue weighted by Crippen LogP contribution is -2.44. The van der Waals surface area contributed by atoms with Gasteiger partial charge in [0.2, 0.25) is 11.9 Å². The Labute approximate surface area is 148 Å². The molecule has 3 aliphatic rings. The van der Waals surface area contributed by atoms with Crippen LogP contribution in [0.3, 0.4) is 0 Å². The van der Waals surface area contributed by atoms with Crippen molar-refractivity contribution in [2.24, 2.45) is 0 Å². The predicted molar refractivity (Wildman–Crippen MR) is 94.4 cm³/mol. The maximum Gasteiger partial charge on any atom is 0.234 e. The molecule has 2 fully saturated rings. The van der Waals surface area contributed by atoms with Gasteiger partial charge in [-0.25, -0.2) is 9.97 Å². The molecule has 7 nitrogen and oxygen atoms in total. The van der Waals surface area contributed by atoms with Crippen LogP contribution in [-0.2, 0) is 16.0 Å². The summed E-state index contributed by atoms with van der Waals surface area (Å²) in [4.78, 5) is 26.1. The molecule has 0 unspecified atom stereocenters. The van der Waals surface area contributed by atoms with Gasteiger partial charge in [-0.15, -0.1) is 6.58 Å². The van der Waals surface area contributed by atoms with E-state index in [0.717, 1.165) is 57.2 Å². The van der Waals surface area contributed by atoms with Crippen molar-refractivity contribution in [2.45, 2.75) is 31.3 Å². The Morgan fingerprint density at radius 3 is 3.04 bits per heavy atom. The third-order valence-corrected chi connectivity index (χ3v) is 5.38. The van der Waals surface area contributed by atoms with Crippen LogP contribution in [0.1, 0.15) is 30.1 Å². The number of aromatic nitrogens is 2. The molecule has 134 valence electrons. The van der Waals surface area contributed by atoms with Gasteiger partial charge in [0, 0.05) is 49.9 Å². The number of nitrogens with zero attached hydrogens (tertiary/aromatic N) is 4. The molecule has 4 heterocycles. The Balaban J connectivity index is 1.50. The number of amides is 1. The van der Waals surface area contributed by atoms with Crippen LogP contribution in [0.25, 0.3) is 0 Å². The van der Waals surface area contributed by atoms with E-state index in [1.54, 1.807) is 6.08 Å². The molecule has 0 aromatic carbocycles. The molecule has 3 aliphatic heterocycles. The van der Waals surface area contributed by atoms with Gasteiger partial charge in [0.25, 0.3) is 0 Å². The van der Waals surface area contributed by atoms with Crippen molar-refractivity contribution in [2.75, 3.05) is 44.3 Å². The fraction of sp³-hybridized carbons (Fsp3) is 0.611. The average Bonchev–Trinajstić information content (AvgIpc) is 2.92.